The van der Waals surface area contributed by atoms with Crippen LogP contribution in [0.1, 0.15) is 0 Å². The van der Waals surface area contributed by atoms with Gasteiger partial charge < -0.3 is 19.8 Å². The summed E-state index contributed by atoms with van der Waals surface area (Å²) in [6, 6.07) is 0. The summed E-state index contributed by atoms with van der Waals surface area (Å²) in [5.41, 5.74) is 0. The molecule has 0 spiro atoms. The van der Waals surface area contributed by atoms with Crippen molar-refractivity contribution in [1.82, 2.24) is 4.90 Å². The largest absolute Gasteiger partial charge is 0.462 e. The van der Waals surface area contributed by atoms with Crippen molar-refractivity contribution in [3.05, 3.63) is 0 Å². The number of hydrogen-bond donors (Lipinski definition) is 2. The molecule has 0 unspecified atom stereocenters. The third-order valence-corrected chi connectivity index (χ3v) is 1.39. The van der Waals surface area contributed by atoms with Crippen molar-refractivity contribution >= 4 is 11.9 Å². The first kappa shape index (κ1) is 11.9. The van der Waals surface area contributed by atoms with E-state index in [4.69, 9.17) is 10.2 Å². The summed E-state index contributed by atoms with van der Waals surface area (Å²) in [5.74, 6) is -1.85. The van der Waals surface area contributed by atoms with E-state index in [9.17, 15) is 9.59 Å². The van der Waals surface area contributed by atoms with Crippen molar-refractivity contribution in [2.45, 2.75) is 0 Å². The van der Waals surface area contributed by atoms with E-state index in [1.165, 1.54) is 0 Å². The Morgan fingerprint density at radius 1 is 1.23 bits per heavy atom. The summed E-state index contributed by atoms with van der Waals surface area (Å²) in [7, 11) is 1.09. The number of methoxy groups -OCH3 is 1. The van der Waals surface area contributed by atoms with Gasteiger partial charge in [-0.2, -0.15) is 0 Å². The molecule has 0 fully saturated rings. The Morgan fingerprint density at radius 2 is 1.69 bits per heavy atom. The summed E-state index contributed by atoms with van der Waals surface area (Å²) in [4.78, 5) is 22.8. The van der Waals surface area contributed by atoms with Crippen molar-refractivity contribution in [2.75, 3.05) is 33.4 Å². The molecule has 6 nitrogen and oxygen atoms in total. The molecule has 13 heavy (non-hydrogen) atoms. The number of carbonyl (C=O) groups excluding carboxylic acids is 2. The number of rotatable bonds is 4. The third-order valence-electron chi connectivity index (χ3n) is 1.39. The van der Waals surface area contributed by atoms with Crippen molar-refractivity contribution in [3.63, 3.8) is 0 Å². The van der Waals surface area contributed by atoms with Crippen LogP contribution in [0.3, 0.4) is 0 Å². The molecule has 0 saturated heterocycles. The highest BCUT2D eigenvalue weighted by molar-refractivity contribution is 6.32. The van der Waals surface area contributed by atoms with Gasteiger partial charge in [0, 0.05) is 13.1 Å². The molecule has 0 aliphatic heterocycles. The molecule has 76 valence electrons. The first-order valence-corrected chi connectivity index (χ1v) is 3.76. The van der Waals surface area contributed by atoms with E-state index in [1.807, 2.05) is 0 Å². The zero-order valence-electron chi connectivity index (χ0n) is 7.39. The van der Waals surface area contributed by atoms with E-state index in [0.717, 1.165) is 12.0 Å². The maximum atomic E-state index is 11.1. The number of hydrogen-bond acceptors (Lipinski definition) is 5. The SMILES string of the molecule is COC(=O)C(=O)N(CCO)CCO. The molecule has 0 aliphatic carbocycles. The average Bonchev–Trinajstić information content (AvgIpc) is 2.15. The van der Waals surface area contributed by atoms with E-state index < -0.39 is 11.9 Å². The number of carbonyl (C=O) groups is 2. The van der Waals surface area contributed by atoms with Crippen molar-refractivity contribution in [1.29, 1.82) is 0 Å². The number of aliphatic hydroxyl groups is 2. The lowest BCUT2D eigenvalue weighted by Gasteiger charge is -2.18. The summed E-state index contributed by atoms with van der Waals surface area (Å²) < 4.78 is 4.19. The van der Waals surface area contributed by atoms with Gasteiger partial charge in [0.25, 0.3) is 0 Å². The minimum atomic E-state index is -0.998. The van der Waals surface area contributed by atoms with Crippen molar-refractivity contribution in [2.24, 2.45) is 0 Å². The fourth-order valence-corrected chi connectivity index (χ4v) is 0.773. The minimum absolute atomic E-state index is 0.00843. The third kappa shape index (κ3) is 3.86. The summed E-state index contributed by atoms with van der Waals surface area (Å²) in [5, 5.41) is 17.1. The van der Waals surface area contributed by atoms with Crippen molar-refractivity contribution in [3.8, 4) is 0 Å². The Balaban J connectivity index is 4.18. The lowest BCUT2D eigenvalue weighted by atomic mass is 10.4. The quantitative estimate of drug-likeness (QED) is 0.395. The number of amides is 1. The molecule has 0 heterocycles. The second-order valence-electron chi connectivity index (χ2n) is 2.23. The molecule has 0 aromatic heterocycles. The fraction of sp³-hybridized carbons (Fsp3) is 0.714. The van der Waals surface area contributed by atoms with E-state index >= 15 is 0 Å². The van der Waals surface area contributed by atoms with Crippen LogP contribution in [0.5, 0.6) is 0 Å². The Morgan fingerprint density at radius 3 is 2.00 bits per heavy atom. The van der Waals surface area contributed by atoms with Crippen LogP contribution in [-0.4, -0.2) is 60.4 Å². The topological polar surface area (TPSA) is 87.1 Å². The first-order valence-electron chi connectivity index (χ1n) is 3.76. The molecule has 6 heteroatoms. The lowest BCUT2D eigenvalue weighted by Crippen LogP contribution is -2.40. The van der Waals surface area contributed by atoms with Crippen LogP contribution >= 0.6 is 0 Å². The van der Waals surface area contributed by atoms with E-state index in [2.05, 4.69) is 4.74 Å². The monoisotopic (exact) mass is 191 g/mol. The molecule has 0 radical (unpaired) electrons. The second-order valence-corrected chi connectivity index (χ2v) is 2.23. The number of esters is 1. The van der Waals surface area contributed by atoms with Gasteiger partial charge in [-0.3, -0.25) is 4.79 Å². The van der Waals surface area contributed by atoms with Gasteiger partial charge in [-0.05, 0) is 0 Å². The van der Waals surface area contributed by atoms with Gasteiger partial charge in [0.1, 0.15) is 0 Å². The minimum Gasteiger partial charge on any atom is -0.462 e. The summed E-state index contributed by atoms with van der Waals surface area (Å²) >= 11 is 0. The van der Waals surface area contributed by atoms with Crippen LogP contribution in [0.4, 0.5) is 0 Å². The maximum absolute atomic E-state index is 11.1. The first-order chi connectivity index (χ1) is 6.17. The van der Waals surface area contributed by atoms with E-state index in [1.54, 1.807) is 0 Å². The highest BCUT2D eigenvalue weighted by Gasteiger charge is 2.21. The summed E-state index contributed by atoms with van der Waals surface area (Å²) in [6.45, 7) is -0.506. The van der Waals surface area contributed by atoms with Gasteiger partial charge in [0.15, 0.2) is 0 Å². The highest BCUT2D eigenvalue weighted by atomic mass is 16.5. The molecule has 0 atom stereocenters. The number of ether oxygens (including phenoxy) is 1. The Labute approximate surface area is 75.7 Å². The van der Waals surface area contributed by atoms with E-state index in [0.29, 0.717) is 0 Å². The zero-order chi connectivity index (χ0) is 10.3. The smallest absolute Gasteiger partial charge is 0.396 e. The molecule has 2 N–H and O–H groups in total. The molecule has 0 bridgehead atoms. The Kier molecular flexibility index (Phi) is 5.82. The second kappa shape index (κ2) is 6.38. The van der Waals surface area contributed by atoms with Crippen LogP contribution in [0.15, 0.2) is 0 Å². The Hall–Kier alpha value is -1.14. The van der Waals surface area contributed by atoms with Crippen LogP contribution in [0.25, 0.3) is 0 Å². The van der Waals surface area contributed by atoms with Crippen LogP contribution in [0, 0.1) is 0 Å². The maximum Gasteiger partial charge on any atom is 0.396 e. The van der Waals surface area contributed by atoms with Crippen molar-refractivity contribution < 1.29 is 24.5 Å². The molecular formula is C7H13NO5. The molecule has 0 aromatic rings. The highest BCUT2D eigenvalue weighted by Crippen LogP contribution is 1.90. The van der Waals surface area contributed by atoms with Gasteiger partial charge in [-0.25, -0.2) is 4.79 Å². The molecule has 1 amide bonds. The predicted octanol–water partition coefficient (Wildman–Crippen LogP) is -2.03. The number of nitrogens with zero attached hydrogens (tertiary/aromatic N) is 1. The average molecular weight is 191 g/mol. The lowest BCUT2D eigenvalue weighted by molar-refractivity contribution is -0.158. The van der Waals surface area contributed by atoms with Gasteiger partial charge in [-0.1, -0.05) is 0 Å². The van der Waals surface area contributed by atoms with Gasteiger partial charge in [0.05, 0.1) is 20.3 Å². The van der Waals surface area contributed by atoms with E-state index in [-0.39, 0.29) is 26.3 Å². The molecule has 0 aromatic carbocycles. The molecule has 0 aliphatic rings. The van der Waals surface area contributed by atoms with Gasteiger partial charge in [-0.15, -0.1) is 0 Å². The zero-order valence-corrected chi connectivity index (χ0v) is 7.39. The molecule has 0 saturated carbocycles. The standard InChI is InChI=1S/C7H13NO5/c1-13-7(12)6(11)8(2-4-9)3-5-10/h9-10H,2-5H2,1H3. The van der Waals surface area contributed by atoms with Gasteiger partial charge in [0.2, 0.25) is 0 Å². The Bertz CT molecular complexity index is 176. The van der Waals surface area contributed by atoms with Crippen LogP contribution < -0.4 is 0 Å². The summed E-state index contributed by atoms with van der Waals surface area (Å²) in [6.07, 6.45) is 0. The van der Waals surface area contributed by atoms with Gasteiger partial charge >= 0.3 is 11.9 Å². The molecular weight excluding hydrogens is 178 g/mol. The van der Waals surface area contributed by atoms with Crippen LogP contribution in [-0.2, 0) is 14.3 Å². The van der Waals surface area contributed by atoms with Crippen LogP contribution in [0.2, 0.25) is 0 Å². The number of aliphatic hydroxyl groups excluding tert-OH is 2. The normalized spacial score (nSPS) is 9.46. The molecule has 0 rings (SSSR count). The predicted molar refractivity (Wildman–Crippen MR) is 42.8 cm³/mol. The fourth-order valence-electron chi connectivity index (χ4n) is 0.773.